The molecule has 1 atom stereocenters. The second-order valence-corrected chi connectivity index (χ2v) is 5.51. The number of nitrogens with zero attached hydrogens (tertiary/aromatic N) is 1. The van der Waals surface area contributed by atoms with Crippen LogP contribution in [-0.4, -0.2) is 10.1 Å². The summed E-state index contributed by atoms with van der Waals surface area (Å²) in [6.07, 6.45) is 1.82. The minimum atomic E-state index is -0.487. The summed E-state index contributed by atoms with van der Waals surface area (Å²) in [6, 6.07) is 3.65. The molecule has 0 aliphatic heterocycles. The van der Waals surface area contributed by atoms with Crippen LogP contribution in [0.2, 0.25) is 4.34 Å². The van der Waals surface area contributed by atoms with E-state index in [1.54, 1.807) is 23.6 Å². The number of aliphatic hydroxyl groups excluding tert-OH is 1. The minimum Gasteiger partial charge on any atom is -0.387 e. The first kappa shape index (κ1) is 10.1. The van der Waals surface area contributed by atoms with Crippen molar-refractivity contribution in [2.45, 2.75) is 12.5 Å². The van der Waals surface area contributed by atoms with Crippen LogP contribution >= 0.6 is 34.3 Å². The van der Waals surface area contributed by atoms with Crippen LogP contribution in [0.1, 0.15) is 16.0 Å². The molecule has 0 saturated heterocycles. The highest BCUT2D eigenvalue weighted by atomic mass is 35.5. The largest absolute Gasteiger partial charge is 0.387 e. The fourth-order valence-electron chi connectivity index (χ4n) is 1.13. The molecule has 0 aliphatic rings. The number of aliphatic hydroxyl groups is 1. The average Bonchev–Trinajstić information content (AvgIpc) is 2.75. The van der Waals surface area contributed by atoms with E-state index in [1.807, 2.05) is 11.4 Å². The smallest absolute Gasteiger partial charge is 0.0954 e. The lowest BCUT2D eigenvalue weighted by atomic mass is 10.2. The number of halogens is 1. The van der Waals surface area contributed by atoms with Gasteiger partial charge in [-0.05, 0) is 12.1 Å². The fraction of sp³-hybridized carbons (Fsp3) is 0.222. The Morgan fingerprint density at radius 1 is 1.50 bits per heavy atom. The molecule has 2 rings (SSSR count). The molecule has 0 aromatic carbocycles. The normalized spacial score (nSPS) is 13.0. The maximum Gasteiger partial charge on any atom is 0.0954 e. The zero-order valence-corrected chi connectivity index (χ0v) is 9.57. The number of hydrogen-bond donors (Lipinski definition) is 1. The first-order valence-corrected chi connectivity index (χ1v) is 6.15. The lowest BCUT2D eigenvalue weighted by Crippen LogP contribution is -1.98. The van der Waals surface area contributed by atoms with Crippen LogP contribution in [0.3, 0.4) is 0 Å². The molecule has 0 radical (unpaired) electrons. The van der Waals surface area contributed by atoms with E-state index in [9.17, 15) is 5.11 Å². The van der Waals surface area contributed by atoms with Gasteiger partial charge in [-0.25, -0.2) is 4.98 Å². The zero-order valence-electron chi connectivity index (χ0n) is 7.18. The molecule has 0 aliphatic carbocycles. The summed E-state index contributed by atoms with van der Waals surface area (Å²) in [5.41, 5.74) is 0. The van der Waals surface area contributed by atoms with Gasteiger partial charge in [-0.2, -0.15) is 0 Å². The molecule has 0 spiro atoms. The maximum absolute atomic E-state index is 9.82. The van der Waals surface area contributed by atoms with Gasteiger partial charge in [0.05, 0.1) is 15.4 Å². The number of hydrogen-bond acceptors (Lipinski definition) is 4. The van der Waals surface area contributed by atoms with Gasteiger partial charge < -0.3 is 5.11 Å². The van der Waals surface area contributed by atoms with Gasteiger partial charge in [0.2, 0.25) is 0 Å². The Morgan fingerprint density at radius 3 is 2.93 bits per heavy atom. The molecule has 1 unspecified atom stereocenters. The second kappa shape index (κ2) is 4.40. The number of thiazole rings is 1. The second-order valence-electron chi connectivity index (χ2n) is 2.79. The van der Waals surface area contributed by atoms with E-state index in [4.69, 9.17) is 11.6 Å². The van der Waals surface area contributed by atoms with Crippen molar-refractivity contribution in [1.82, 2.24) is 4.98 Å². The van der Waals surface area contributed by atoms with E-state index in [1.165, 1.54) is 11.3 Å². The van der Waals surface area contributed by atoms with E-state index < -0.39 is 6.10 Å². The first-order valence-electron chi connectivity index (χ1n) is 4.07. The van der Waals surface area contributed by atoms with E-state index >= 15 is 0 Å². The molecule has 5 heteroatoms. The van der Waals surface area contributed by atoms with Gasteiger partial charge in [-0.1, -0.05) is 11.6 Å². The topological polar surface area (TPSA) is 33.1 Å². The van der Waals surface area contributed by atoms with Crippen molar-refractivity contribution in [3.05, 3.63) is 37.9 Å². The van der Waals surface area contributed by atoms with E-state index in [0.29, 0.717) is 10.8 Å². The van der Waals surface area contributed by atoms with Gasteiger partial charge in [0.25, 0.3) is 0 Å². The third kappa shape index (κ3) is 2.33. The highest BCUT2D eigenvalue weighted by Crippen LogP contribution is 2.29. The molecule has 0 amide bonds. The molecule has 2 aromatic heterocycles. The molecule has 74 valence electrons. The van der Waals surface area contributed by atoms with Crippen LogP contribution in [0.15, 0.2) is 23.7 Å². The maximum atomic E-state index is 9.82. The Balaban J connectivity index is 2.06. The quantitative estimate of drug-likeness (QED) is 0.901. The fourth-order valence-corrected chi connectivity index (χ4v) is 2.83. The van der Waals surface area contributed by atoms with Gasteiger partial charge >= 0.3 is 0 Å². The Labute approximate surface area is 94.8 Å². The van der Waals surface area contributed by atoms with Crippen molar-refractivity contribution in [2.24, 2.45) is 0 Å². The summed E-state index contributed by atoms with van der Waals surface area (Å²) < 4.78 is 0.707. The van der Waals surface area contributed by atoms with Crippen molar-refractivity contribution >= 4 is 34.3 Å². The van der Waals surface area contributed by atoms with Crippen molar-refractivity contribution in [1.29, 1.82) is 0 Å². The number of aromatic nitrogens is 1. The van der Waals surface area contributed by atoms with Crippen LogP contribution in [-0.2, 0) is 6.42 Å². The van der Waals surface area contributed by atoms with Crippen LogP contribution in [0.5, 0.6) is 0 Å². The Hall–Kier alpha value is -0.420. The van der Waals surface area contributed by atoms with Crippen LogP contribution in [0, 0.1) is 0 Å². The predicted octanol–water partition coefficient (Wildman–Crippen LogP) is 3.13. The van der Waals surface area contributed by atoms with Crippen LogP contribution in [0.25, 0.3) is 0 Å². The molecule has 0 bridgehead atoms. The van der Waals surface area contributed by atoms with Gasteiger partial charge in [0.15, 0.2) is 0 Å². The van der Waals surface area contributed by atoms with Gasteiger partial charge in [0, 0.05) is 22.9 Å². The molecule has 2 heterocycles. The van der Waals surface area contributed by atoms with Gasteiger partial charge in [0.1, 0.15) is 0 Å². The van der Waals surface area contributed by atoms with E-state index in [2.05, 4.69) is 4.98 Å². The van der Waals surface area contributed by atoms with Crippen molar-refractivity contribution in [2.75, 3.05) is 0 Å². The monoisotopic (exact) mass is 245 g/mol. The molecule has 0 saturated carbocycles. The van der Waals surface area contributed by atoms with Gasteiger partial charge in [-0.15, -0.1) is 22.7 Å². The van der Waals surface area contributed by atoms with Crippen molar-refractivity contribution in [3.63, 3.8) is 0 Å². The number of rotatable bonds is 3. The molecule has 2 aromatic rings. The van der Waals surface area contributed by atoms with Crippen LogP contribution in [0.4, 0.5) is 0 Å². The van der Waals surface area contributed by atoms with Crippen LogP contribution < -0.4 is 0 Å². The summed E-state index contributed by atoms with van der Waals surface area (Å²) in [4.78, 5) is 5.01. The summed E-state index contributed by atoms with van der Waals surface area (Å²) in [6.45, 7) is 0. The number of thiophene rings is 1. The minimum absolute atomic E-state index is 0.487. The van der Waals surface area contributed by atoms with Gasteiger partial charge in [-0.3, -0.25) is 0 Å². The SMILES string of the molecule is OC(Cc1nccs1)c1ccc(Cl)s1. The highest BCUT2D eigenvalue weighted by molar-refractivity contribution is 7.16. The molecule has 2 nitrogen and oxygen atoms in total. The van der Waals surface area contributed by atoms with Crippen molar-refractivity contribution < 1.29 is 5.11 Å². The van der Waals surface area contributed by atoms with Crippen molar-refractivity contribution in [3.8, 4) is 0 Å². The summed E-state index contributed by atoms with van der Waals surface area (Å²) >= 11 is 8.74. The summed E-state index contributed by atoms with van der Waals surface area (Å²) in [5.74, 6) is 0. The standard InChI is InChI=1S/C9H8ClNOS2/c10-8-2-1-7(14-8)6(12)5-9-11-3-4-13-9/h1-4,6,12H,5H2. The highest BCUT2D eigenvalue weighted by Gasteiger charge is 2.12. The molecular formula is C9H8ClNOS2. The lowest BCUT2D eigenvalue weighted by molar-refractivity contribution is 0.182. The Morgan fingerprint density at radius 2 is 2.36 bits per heavy atom. The zero-order chi connectivity index (χ0) is 9.97. The van der Waals surface area contributed by atoms with E-state index in [0.717, 1.165) is 9.88 Å². The third-order valence-electron chi connectivity index (χ3n) is 1.77. The summed E-state index contributed by atoms with van der Waals surface area (Å²) in [5, 5.41) is 12.7. The summed E-state index contributed by atoms with van der Waals surface area (Å²) in [7, 11) is 0. The molecule has 0 fully saturated rings. The molecular weight excluding hydrogens is 238 g/mol. The van der Waals surface area contributed by atoms with E-state index in [-0.39, 0.29) is 0 Å². The third-order valence-corrected chi connectivity index (χ3v) is 3.91. The molecule has 1 N–H and O–H groups in total. The Kier molecular flexibility index (Phi) is 3.18. The lowest BCUT2D eigenvalue weighted by Gasteiger charge is -2.04. The first-order chi connectivity index (χ1) is 6.75. The average molecular weight is 246 g/mol. The molecule has 14 heavy (non-hydrogen) atoms. The predicted molar refractivity (Wildman–Crippen MR) is 60.1 cm³/mol. The Bertz CT molecular complexity index is 399.